The molecule has 192 valence electrons. The molecule has 1 unspecified atom stereocenters. The van der Waals surface area contributed by atoms with Gasteiger partial charge in [-0.2, -0.15) is 0 Å². The zero-order chi connectivity index (χ0) is 25.5. The predicted molar refractivity (Wildman–Crippen MR) is 151 cm³/mol. The first-order valence-electron chi connectivity index (χ1n) is 13.1. The number of anilines is 2. The molecule has 0 saturated carbocycles. The van der Waals surface area contributed by atoms with Crippen LogP contribution in [-0.4, -0.2) is 80.1 Å². The van der Waals surface area contributed by atoms with E-state index in [1.807, 2.05) is 11.0 Å². The number of fused-ring (bicyclic) bond motifs is 1. The van der Waals surface area contributed by atoms with Crippen molar-refractivity contribution in [1.82, 2.24) is 14.8 Å². The first-order valence-corrected chi connectivity index (χ1v) is 13.1. The minimum Gasteiger partial charge on any atom is -0.384 e. The van der Waals surface area contributed by atoms with E-state index in [0.29, 0.717) is 13.1 Å². The van der Waals surface area contributed by atoms with Crippen LogP contribution in [0.1, 0.15) is 26.2 Å². The van der Waals surface area contributed by atoms with Gasteiger partial charge in [-0.1, -0.05) is 43.7 Å². The van der Waals surface area contributed by atoms with Crippen LogP contribution in [0.15, 0.2) is 54.6 Å². The lowest BCUT2D eigenvalue weighted by atomic mass is 10.1. The lowest BCUT2D eigenvalue weighted by molar-refractivity contribution is -0.133. The maximum absolute atomic E-state index is 12.5. The topological polar surface area (TPSA) is 77.7 Å². The Labute approximate surface area is 215 Å². The van der Waals surface area contributed by atoms with Crippen LogP contribution in [0.3, 0.4) is 0 Å². The smallest absolute Gasteiger partial charge is 0.239 e. The number of amides is 1. The summed E-state index contributed by atoms with van der Waals surface area (Å²) >= 11 is 0. The number of nitrogens with two attached hydrogens (primary N) is 1. The number of para-hydroxylation sites is 1. The van der Waals surface area contributed by atoms with Gasteiger partial charge in [0.25, 0.3) is 0 Å². The van der Waals surface area contributed by atoms with Gasteiger partial charge in [0.05, 0.1) is 17.3 Å². The molecule has 1 atom stereocenters. The number of hydrogen-bond acceptors (Lipinski definition) is 6. The van der Waals surface area contributed by atoms with Crippen molar-refractivity contribution in [3.8, 4) is 11.3 Å². The molecule has 7 heteroatoms. The highest BCUT2D eigenvalue weighted by Crippen LogP contribution is 2.29. The molecule has 2 aromatic carbocycles. The lowest BCUT2D eigenvalue weighted by Gasteiger charge is -2.37. The average Bonchev–Trinajstić information content (AvgIpc) is 2.90. The molecule has 1 aliphatic heterocycles. The first-order chi connectivity index (χ1) is 17.5. The van der Waals surface area contributed by atoms with E-state index in [1.54, 1.807) is 0 Å². The van der Waals surface area contributed by atoms with E-state index in [9.17, 15) is 4.79 Å². The van der Waals surface area contributed by atoms with Crippen molar-refractivity contribution in [2.45, 2.75) is 32.2 Å². The Hall–Kier alpha value is -3.16. The van der Waals surface area contributed by atoms with Crippen LogP contribution in [0.5, 0.6) is 0 Å². The molecule has 3 N–H and O–H groups in total. The molecule has 1 fully saturated rings. The number of benzene rings is 2. The molecular formula is C29H40N6O. The average molecular weight is 489 g/mol. The van der Waals surface area contributed by atoms with Gasteiger partial charge in [-0.15, -0.1) is 0 Å². The van der Waals surface area contributed by atoms with E-state index in [1.165, 1.54) is 5.69 Å². The minimum atomic E-state index is -0.373. The number of rotatable bonds is 10. The fourth-order valence-electron chi connectivity index (χ4n) is 4.78. The second-order valence-electron chi connectivity index (χ2n) is 9.91. The highest BCUT2D eigenvalue weighted by Gasteiger charge is 2.25. The summed E-state index contributed by atoms with van der Waals surface area (Å²) in [6.45, 7) is 7.10. The number of nitrogens with one attached hydrogen (secondary N) is 1. The van der Waals surface area contributed by atoms with Crippen molar-refractivity contribution in [2.24, 2.45) is 5.73 Å². The summed E-state index contributed by atoms with van der Waals surface area (Å²) in [6.07, 6.45) is 2.76. The van der Waals surface area contributed by atoms with Crippen molar-refractivity contribution < 1.29 is 4.79 Å². The molecule has 0 radical (unpaired) electrons. The van der Waals surface area contributed by atoms with Crippen LogP contribution < -0.4 is 16.0 Å². The molecule has 1 saturated heterocycles. The molecule has 3 aromatic rings. The fraction of sp³-hybridized carbons (Fsp3) is 0.448. The molecular weight excluding hydrogens is 448 g/mol. The fourth-order valence-corrected chi connectivity index (χ4v) is 4.78. The van der Waals surface area contributed by atoms with Gasteiger partial charge in [-0.25, -0.2) is 4.98 Å². The summed E-state index contributed by atoms with van der Waals surface area (Å²) in [6, 6.07) is 18.7. The molecule has 1 aromatic heterocycles. The number of carbonyl (C=O) groups excluding carboxylic acids is 1. The van der Waals surface area contributed by atoms with Gasteiger partial charge in [-0.05, 0) is 57.7 Å². The molecule has 7 nitrogen and oxygen atoms in total. The second-order valence-corrected chi connectivity index (χ2v) is 9.91. The van der Waals surface area contributed by atoms with Gasteiger partial charge in [0.2, 0.25) is 5.91 Å². The maximum atomic E-state index is 12.5. The Balaban J connectivity index is 1.44. The summed E-state index contributed by atoms with van der Waals surface area (Å²) < 4.78 is 0. The van der Waals surface area contributed by atoms with Crippen molar-refractivity contribution in [3.63, 3.8) is 0 Å². The minimum absolute atomic E-state index is 0.0837. The van der Waals surface area contributed by atoms with Crippen molar-refractivity contribution in [2.75, 3.05) is 63.6 Å². The van der Waals surface area contributed by atoms with E-state index in [2.05, 4.69) is 84.7 Å². The number of carbonyl (C=O) groups is 1. The Morgan fingerprint density at radius 1 is 1.08 bits per heavy atom. The number of piperazine rings is 1. The van der Waals surface area contributed by atoms with Crippen LogP contribution >= 0.6 is 0 Å². The van der Waals surface area contributed by atoms with Crippen molar-refractivity contribution >= 4 is 28.2 Å². The van der Waals surface area contributed by atoms with Crippen molar-refractivity contribution in [3.05, 3.63) is 54.6 Å². The SMILES string of the molecule is CCCC(N)C(=O)N1CCN(c2ccc(-c3cc(NCCCN(C)C)c4ccccc4n3)cc2)CC1. The van der Waals surface area contributed by atoms with Crippen LogP contribution in [0.25, 0.3) is 22.2 Å². The molecule has 36 heavy (non-hydrogen) atoms. The number of aromatic nitrogens is 1. The Morgan fingerprint density at radius 3 is 2.50 bits per heavy atom. The molecule has 2 heterocycles. The van der Waals surface area contributed by atoms with Gasteiger partial charge in [0.15, 0.2) is 0 Å². The van der Waals surface area contributed by atoms with Crippen LogP contribution in [0.2, 0.25) is 0 Å². The Morgan fingerprint density at radius 2 is 1.81 bits per heavy atom. The van der Waals surface area contributed by atoms with Gasteiger partial charge >= 0.3 is 0 Å². The third-order valence-corrected chi connectivity index (χ3v) is 6.85. The summed E-state index contributed by atoms with van der Waals surface area (Å²) in [4.78, 5) is 23.9. The maximum Gasteiger partial charge on any atom is 0.239 e. The van der Waals surface area contributed by atoms with E-state index >= 15 is 0 Å². The Kier molecular flexibility index (Phi) is 8.78. The van der Waals surface area contributed by atoms with Gasteiger partial charge in [0.1, 0.15) is 0 Å². The molecule has 0 aliphatic carbocycles. The molecule has 1 aliphatic rings. The molecule has 1 amide bonds. The summed E-state index contributed by atoms with van der Waals surface area (Å²) in [5.74, 6) is 0.0837. The normalized spacial score (nSPS) is 14.9. The van der Waals surface area contributed by atoms with Crippen LogP contribution in [-0.2, 0) is 4.79 Å². The number of hydrogen-bond donors (Lipinski definition) is 2. The van der Waals surface area contributed by atoms with Gasteiger partial charge < -0.3 is 25.8 Å². The molecule has 4 rings (SSSR count). The van der Waals surface area contributed by atoms with Gasteiger partial charge in [-0.3, -0.25) is 4.79 Å². The summed E-state index contributed by atoms with van der Waals surface area (Å²) in [5.41, 5.74) is 11.4. The number of pyridine rings is 1. The quantitative estimate of drug-likeness (QED) is 0.420. The van der Waals surface area contributed by atoms with E-state index in [-0.39, 0.29) is 11.9 Å². The van der Waals surface area contributed by atoms with Crippen LogP contribution in [0.4, 0.5) is 11.4 Å². The Bertz CT molecular complexity index is 1140. The monoisotopic (exact) mass is 488 g/mol. The van der Waals surface area contributed by atoms with Crippen molar-refractivity contribution in [1.29, 1.82) is 0 Å². The third-order valence-electron chi connectivity index (χ3n) is 6.85. The predicted octanol–water partition coefficient (Wildman–Crippen LogP) is 4.04. The summed E-state index contributed by atoms with van der Waals surface area (Å²) in [7, 11) is 4.21. The zero-order valence-electron chi connectivity index (χ0n) is 21.9. The first kappa shape index (κ1) is 25.9. The third kappa shape index (κ3) is 6.33. The standard InChI is InChI=1S/C29H40N6O/c1-4-8-25(30)29(36)35-19-17-34(18-20-35)23-13-11-22(12-14-23)27-21-28(31-15-7-16-33(2)3)24-9-5-6-10-26(24)32-27/h5-6,9-14,21,25H,4,7-8,15-20,30H2,1-3H3,(H,31,32). The van der Waals surface area contributed by atoms with E-state index in [4.69, 9.17) is 10.7 Å². The zero-order valence-corrected chi connectivity index (χ0v) is 21.9. The van der Waals surface area contributed by atoms with Gasteiger partial charge in [0, 0.05) is 55.0 Å². The highest BCUT2D eigenvalue weighted by atomic mass is 16.2. The lowest BCUT2D eigenvalue weighted by Crippen LogP contribution is -2.53. The molecule has 0 spiro atoms. The summed E-state index contributed by atoms with van der Waals surface area (Å²) in [5, 5.41) is 4.78. The second kappa shape index (κ2) is 12.2. The largest absolute Gasteiger partial charge is 0.384 e. The van der Waals surface area contributed by atoms with E-state index < -0.39 is 0 Å². The number of nitrogens with zero attached hydrogens (tertiary/aromatic N) is 4. The molecule has 0 bridgehead atoms. The van der Waals surface area contributed by atoms with Crippen LogP contribution in [0, 0.1) is 0 Å². The van der Waals surface area contributed by atoms with E-state index in [0.717, 1.165) is 73.3 Å². The highest BCUT2D eigenvalue weighted by molar-refractivity contribution is 5.93.